The first-order chi connectivity index (χ1) is 10.9. The third-order valence-electron chi connectivity index (χ3n) is 4.37. The molecule has 1 aromatic heterocycles. The number of carbonyl (C=O) groups excluding carboxylic acids is 1. The minimum atomic E-state index is -0.110. The molecule has 1 heterocycles. The summed E-state index contributed by atoms with van der Waals surface area (Å²) in [7, 11) is 3.72. The predicted molar refractivity (Wildman–Crippen MR) is 92.5 cm³/mol. The van der Waals surface area contributed by atoms with Crippen LogP contribution in [-0.2, 0) is 13.6 Å². The molecule has 0 saturated heterocycles. The second-order valence-electron chi connectivity index (χ2n) is 5.80. The molecule has 0 aliphatic rings. The van der Waals surface area contributed by atoms with Crippen LogP contribution in [0.3, 0.4) is 0 Å². The first-order valence-electron chi connectivity index (χ1n) is 7.62. The molecule has 1 aromatic carbocycles. The van der Waals surface area contributed by atoms with E-state index in [1.54, 1.807) is 11.1 Å². The number of amides is 2. The van der Waals surface area contributed by atoms with Crippen molar-refractivity contribution in [3.8, 4) is 0 Å². The number of aryl methyl sites for hydroxylation is 1. The van der Waals surface area contributed by atoms with Crippen LogP contribution in [0, 0.1) is 0 Å². The number of benzene rings is 1. The van der Waals surface area contributed by atoms with Crippen molar-refractivity contribution in [3.05, 3.63) is 53.1 Å². The molecule has 2 aromatic rings. The Kier molecular flexibility index (Phi) is 5.66. The van der Waals surface area contributed by atoms with Crippen molar-refractivity contribution in [3.63, 3.8) is 0 Å². The maximum atomic E-state index is 12.3. The molecule has 0 bridgehead atoms. The van der Waals surface area contributed by atoms with Crippen LogP contribution < -0.4 is 5.32 Å². The Labute approximate surface area is 142 Å². The highest BCUT2D eigenvalue weighted by atomic mass is 35.5. The Morgan fingerprint density at radius 1 is 1.35 bits per heavy atom. The molecule has 0 radical (unpaired) electrons. The van der Waals surface area contributed by atoms with Crippen molar-refractivity contribution in [2.45, 2.75) is 32.4 Å². The van der Waals surface area contributed by atoms with Gasteiger partial charge < -0.3 is 14.8 Å². The van der Waals surface area contributed by atoms with E-state index in [0.29, 0.717) is 6.54 Å². The van der Waals surface area contributed by atoms with Crippen LogP contribution >= 0.6 is 11.6 Å². The minimum absolute atomic E-state index is 0.0533. The molecule has 2 atom stereocenters. The van der Waals surface area contributed by atoms with Gasteiger partial charge in [-0.15, -0.1) is 0 Å². The molecule has 0 spiro atoms. The number of nitrogens with zero attached hydrogens (tertiary/aromatic N) is 3. The normalized spacial score (nSPS) is 13.4. The molecule has 2 rings (SSSR count). The lowest BCUT2D eigenvalue weighted by atomic mass is 9.94. The van der Waals surface area contributed by atoms with E-state index in [9.17, 15) is 4.79 Å². The van der Waals surface area contributed by atoms with E-state index in [0.717, 1.165) is 16.4 Å². The number of carbonyl (C=O) groups is 1. The van der Waals surface area contributed by atoms with Gasteiger partial charge in [-0.2, -0.15) is 0 Å². The van der Waals surface area contributed by atoms with E-state index in [1.165, 1.54) is 0 Å². The van der Waals surface area contributed by atoms with Gasteiger partial charge in [0.05, 0.1) is 6.54 Å². The van der Waals surface area contributed by atoms with Gasteiger partial charge in [-0.1, -0.05) is 30.7 Å². The van der Waals surface area contributed by atoms with Gasteiger partial charge >= 0.3 is 6.03 Å². The monoisotopic (exact) mass is 334 g/mol. The number of halogens is 1. The van der Waals surface area contributed by atoms with Gasteiger partial charge in [-0.3, -0.25) is 0 Å². The third-order valence-corrected chi connectivity index (χ3v) is 4.62. The highest BCUT2D eigenvalue weighted by Crippen LogP contribution is 2.23. The van der Waals surface area contributed by atoms with Crippen molar-refractivity contribution in [2.24, 2.45) is 7.05 Å². The summed E-state index contributed by atoms with van der Waals surface area (Å²) >= 11 is 5.93. The van der Waals surface area contributed by atoms with Crippen LogP contribution in [-0.4, -0.2) is 33.6 Å². The number of urea groups is 1. The van der Waals surface area contributed by atoms with Crippen LogP contribution in [0.4, 0.5) is 4.79 Å². The smallest absolute Gasteiger partial charge is 0.317 e. The van der Waals surface area contributed by atoms with E-state index >= 15 is 0 Å². The van der Waals surface area contributed by atoms with Crippen LogP contribution in [0.15, 0.2) is 36.7 Å². The fourth-order valence-electron chi connectivity index (χ4n) is 2.41. The van der Waals surface area contributed by atoms with E-state index < -0.39 is 0 Å². The Balaban J connectivity index is 1.95. The number of likely N-dealkylation sites (N-methyl/N-ethyl adjacent to an activating group) is 1. The topological polar surface area (TPSA) is 50.2 Å². The maximum Gasteiger partial charge on any atom is 0.317 e. The van der Waals surface area contributed by atoms with Gasteiger partial charge in [-0.25, -0.2) is 9.78 Å². The summed E-state index contributed by atoms with van der Waals surface area (Å²) in [5.41, 5.74) is 1.16. The van der Waals surface area contributed by atoms with Gasteiger partial charge in [-0.05, 0) is 24.6 Å². The molecule has 5 nitrogen and oxygen atoms in total. The lowest BCUT2D eigenvalue weighted by Gasteiger charge is -2.30. The Morgan fingerprint density at radius 2 is 2.00 bits per heavy atom. The van der Waals surface area contributed by atoms with Crippen molar-refractivity contribution < 1.29 is 4.79 Å². The van der Waals surface area contributed by atoms with E-state index in [-0.39, 0.29) is 18.0 Å². The Bertz CT molecular complexity index is 653. The van der Waals surface area contributed by atoms with Crippen molar-refractivity contribution in [2.75, 3.05) is 7.05 Å². The number of hydrogen-bond donors (Lipinski definition) is 1. The van der Waals surface area contributed by atoms with Crippen molar-refractivity contribution in [1.29, 1.82) is 0 Å². The fraction of sp³-hybridized carbons (Fsp3) is 0.412. The first-order valence-corrected chi connectivity index (χ1v) is 8.00. The van der Waals surface area contributed by atoms with Crippen LogP contribution in [0.2, 0.25) is 5.02 Å². The Morgan fingerprint density at radius 3 is 2.57 bits per heavy atom. The molecule has 6 heteroatoms. The molecule has 0 aliphatic carbocycles. The molecule has 1 N–H and O–H groups in total. The Hall–Kier alpha value is -2.01. The molecule has 2 unspecified atom stereocenters. The second kappa shape index (κ2) is 7.51. The number of nitrogens with one attached hydrogen (secondary N) is 1. The summed E-state index contributed by atoms with van der Waals surface area (Å²) in [4.78, 5) is 18.3. The average Bonchev–Trinajstić information content (AvgIpc) is 2.96. The highest BCUT2D eigenvalue weighted by molar-refractivity contribution is 6.30. The molecular formula is C17H23ClN4O. The second-order valence-corrected chi connectivity index (χ2v) is 6.24. The van der Waals surface area contributed by atoms with Gasteiger partial charge in [0.2, 0.25) is 0 Å². The molecule has 23 heavy (non-hydrogen) atoms. The van der Waals surface area contributed by atoms with Crippen molar-refractivity contribution >= 4 is 17.6 Å². The lowest BCUT2D eigenvalue weighted by Crippen LogP contribution is -2.44. The zero-order valence-electron chi connectivity index (χ0n) is 14.0. The summed E-state index contributed by atoms with van der Waals surface area (Å²) in [6.45, 7) is 4.56. The van der Waals surface area contributed by atoms with Crippen LogP contribution in [0.5, 0.6) is 0 Å². The fourth-order valence-corrected chi connectivity index (χ4v) is 2.54. The third kappa shape index (κ3) is 4.26. The standard InChI is InChI=1S/C17H23ClN4O/c1-12(14-5-7-15(18)8-6-14)13(2)22(4)17(23)20-11-16-19-9-10-21(16)3/h5-10,12-13H,11H2,1-4H3,(H,20,23). The quantitative estimate of drug-likeness (QED) is 0.911. The van der Waals surface area contributed by atoms with Gasteiger partial charge in [0, 0.05) is 43.5 Å². The van der Waals surface area contributed by atoms with Crippen molar-refractivity contribution in [1.82, 2.24) is 19.8 Å². The lowest BCUT2D eigenvalue weighted by molar-refractivity contribution is 0.186. The van der Waals surface area contributed by atoms with E-state index in [2.05, 4.69) is 17.2 Å². The van der Waals surface area contributed by atoms with E-state index in [1.807, 2.05) is 56.0 Å². The number of hydrogen-bond acceptors (Lipinski definition) is 2. The minimum Gasteiger partial charge on any atom is -0.337 e. The van der Waals surface area contributed by atoms with Gasteiger partial charge in [0.15, 0.2) is 0 Å². The summed E-state index contributed by atoms with van der Waals surface area (Å²) in [5.74, 6) is 1.03. The zero-order chi connectivity index (χ0) is 17.0. The zero-order valence-corrected chi connectivity index (χ0v) is 14.7. The van der Waals surface area contributed by atoms with Gasteiger partial charge in [0.25, 0.3) is 0 Å². The summed E-state index contributed by atoms with van der Waals surface area (Å²) < 4.78 is 1.89. The van der Waals surface area contributed by atoms with E-state index in [4.69, 9.17) is 11.6 Å². The molecule has 124 valence electrons. The molecule has 0 fully saturated rings. The SMILES string of the molecule is CC(c1ccc(Cl)cc1)C(C)N(C)C(=O)NCc1nccn1C. The summed E-state index contributed by atoms with van der Waals surface area (Å²) in [6.07, 6.45) is 3.58. The highest BCUT2D eigenvalue weighted by Gasteiger charge is 2.22. The summed E-state index contributed by atoms with van der Waals surface area (Å²) in [5, 5.41) is 3.62. The predicted octanol–water partition coefficient (Wildman–Crippen LogP) is 3.41. The first kappa shape index (κ1) is 17.3. The summed E-state index contributed by atoms with van der Waals surface area (Å²) in [6, 6.07) is 7.70. The number of aromatic nitrogens is 2. The number of imidazole rings is 1. The van der Waals surface area contributed by atoms with Crippen LogP contribution in [0.25, 0.3) is 0 Å². The maximum absolute atomic E-state index is 12.3. The average molecular weight is 335 g/mol. The largest absolute Gasteiger partial charge is 0.337 e. The molecule has 0 saturated carbocycles. The van der Waals surface area contributed by atoms with Crippen LogP contribution in [0.1, 0.15) is 31.2 Å². The number of rotatable bonds is 5. The van der Waals surface area contributed by atoms with Gasteiger partial charge in [0.1, 0.15) is 5.82 Å². The molecule has 0 aliphatic heterocycles. The molecule has 2 amide bonds. The molecular weight excluding hydrogens is 312 g/mol.